The van der Waals surface area contributed by atoms with Crippen LogP contribution in [0.1, 0.15) is 34.6 Å². The summed E-state index contributed by atoms with van der Waals surface area (Å²) in [4.78, 5) is 37.0. The van der Waals surface area contributed by atoms with E-state index in [9.17, 15) is 22.8 Å². The normalized spacial score (nSPS) is 21.0. The number of anilines is 1. The number of hydrogen-bond acceptors (Lipinski definition) is 6. The minimum absolute atomic E-state index is 0.0727. The minimum Gasteiger partial charge on any atom is -0.372 e. The first-order valence-electron chi connectivity index (χ1n) is 11.4. The SMILES string of the molecule is CNC(=O)[C@@H]1CN(C(=O)c2ncccn2)C[C@H]1C1CCN(c2ccc(C#N)c(C(F)(F)F)c2)CC1. The molecule has 4 rings (SSSR count). The molecular weight excluding hydrogens is 461 g/mol. The van der Waals surface area contributed by atoms with Crippen molar-refractivity contribution >= 4 is 17.5 Å². The second-order valence-electron chi connectivity index (χ2n) is 8.83. The van der Waals surface area contributed by atoms with Crippen LogP contribution in [-0.4, -0.2) is 59.9 Å². The first kappa shape index (κ1) is 24.4. The highest BCUT2D eigenvalue weighted by Crippen LogP contribution is 2.39. The van der Waals surface area contributed by atoms with Crippen LogP contribution in [0.15, 0.2) is 36.7 Å². The van der Waals surface area contributed by atoms with Crippen molar-refractivity contribution in [3.05, 3.63) is 53.6 Å². The second-order valence-corrected chi connectivity index (χ2v) is 8.83. The van der Waals surface area contributed by atoms with Gasteiger partial charge < -0.3 is 15.1 Å². The topological polar surface area (TPSA) is 102 Å². The molecule has 2 amide bonds. The Kier molecular flexibility index (Phi) is 6.91. The molecule has 0 spiro atoms. The largest absolute Gasteiger partial charge is 0.417 e. The van der Waals surface area contributed by atoms with E-state index in [1.807, 2.05) is 4.90 Å². The highest BCUT2D eigenvalue weighted by Gasteiger charge is 2.44. The maximum Gasteiger partial charge on any atom is 0.417 e. The van der Waals surface area contributed by atoms with Crippen molar-refractivity contribution in [3.63, 3.8) is 0 Å². The molecule has 184 valence electrons. The molecule has 2 fully saturated rings. The number of nitrogens with one attached hydrogen (secondary N) is 1. The third kappa shape index (κ3) is 5.06. The number of carbonyl (C=O) groups is 2. The van der Waals surface area contributed by atoms with Crippen LogP contribution < -0.4 is 10.2 Å². The lowest BCUT2D eigenvalue weighted by atomic mass is 9.78. The van der Waals surface area contributed by atoms with E-state index >= 15 is 0 Å². The van der Waals surface area contributed by atoms with Crippen LogP contribution in [-0.2, 0) is 11.0 Å². The van der Waals surface area contributed by atoms with E-state index < -0.39 is 17.3 Å². The first-order valence-corrected chi connectivity index (χ1v) is 11.4. The molecule has 2 aromatic rings. The summed E-state index contributed by atoms with van der Waals surface area (Å²) in [5.41, 5.74) is -0.919. The number of aromatic nitrogens is 2. The number of alkyl halides is 3. The van der Waals surface area contributed by atoms with Crippen molar-refractivity contribution in [1.82, 2.24) is 20.2 Å². The van der Waals surface area contributed by atoms with E-state index in [4.69, 9.17) is 5.26 Å². The summed E-state index contributed by atoms with van der Waals surface area (Å²) in [6.45, 7) is 1.70. The molecule has 0 unspecified atom stereocenters. The molecule has 3 heterocycles. The van der Waals surface area contributed by atoms with Gasteiger partial charge >= 0.3 is 6.18 Å². The molecular formula is C24H25F3N6O2. The molecule has 2 aliphatic rings. The van der Waals surface area contributed by atoms with Crippen LogP contribution in [0.3, 0.4) is 0 Å². The third-order valence-corrected chi connectivity index (χ3v) is 6.93. The number of nitrogens with zero attached hydrogens (tertiary/aromatic N) is 5. The van der Waals surface area contributed by atoms with Crippen molar-refractivity contribution in [2.45, 2.75) is 19.0 Å². The van der Waals surface area contributed by atoms with E-state index in [2.05, 4.69) is 15.3 Å². The molecule has 8 nitrogen and oxygen atoms in total. The monoisotopic (exact) mass is 486 g/mol. The molecule has 0 bridgehead atoms. The molecule has 2 atom stereocenters. The summed E-state index contributed by atoms with van der Waals surface area (Å²) >= 11 is 0. The Morgan fingerprint density at radius 2 is 1.83 bits per heavy atom. The van der Waals surface area contributed by atoms with Crippen molar-refractivity contribution in [1.29, 1.82) is 5.26 Å². The Bertz CT molecular complexity index is 1130. The number of carbonyl (C=O) groups excluding carboxylic acids is 2. The average Bonchev–Trinajstić information content (AvgIpc) is 3.33. The predicted molar refractivity (Wildman–Crippen MR) is 120 cm³/mol. The summed E-state index contributed by atoms with van der Waals surface area (Å²) in [5.74, 6) is -0.698. The lowest BCUT2D eigenvalue weighted by molar-refractivity contribution is -0.137. The van der Waals surface area contributed by atoms with Gasteiger partial charge in [-0.05, 0) is 48.9 Å². The Balaban J connectivity index is 1.47. The fraction of sp³-hybridized carbons (Fsp3) is 0.458. The van der Waals surface area contributed by atoms with Gasteiger partial charge in [0.05, 0.1) is 23.1 Å². The van der Waals surface area contributed by atoms with E-state index in [0.717, 1.165) is 6.07 Å². The first-order chi connectivity index (χ1) is 16.7. The standard InChI is InChI=1S/C24H25F3N6O2/c1-29-22(34)19-14-33(23(35)21-30-7-2-8-31-21)13-18(19)15-5-9-32(10-6-15)17-4-3-16(12-28)20(11-17)24(25,26)27/h2-4,7-8,11,15,18-19H,5-6,9-10,13-14H2,1H3,(H,29,34)/t18-,19+/m0/s1. The minimum atomic E-state index is -4.61. The summed E-state index contributed by atoms with van der Waals surface area (Å²) in [7, 11) is 1.57. The second kappa shape index (κ2) is 9.90. The summed E-state index contributed by atoms with van der Waals surface area (Å²) < 4.78 is 40.1. The van der Waals surface area contributed by atoms with Gasteiger partial charge in [0.25, 0.3) is 5.91 Å². The summed E-state index contributed by atoms with van der Waals surface area (Å²) in [6.07, 6.45) is -0.282. The van der Waals surface area contributed by atoms with Gasteiger partial charge in [-0.25, -0.2) is 9.97 Å². The van der Waals surface area contributed by atoms with Gasteiger partial charge in [-0.2, -0.15) is 18.4 Å². The fourth-order valence-electron chi connectivity index (χ4n) is 5.13. The van der Waals surface area contributed by atoms with Crippen LogP contribution in [0.25, 0.3) is 0 Å². The van der Waals surface area contributed by atoms with Crippen molar-refractivity contribution in [3.8, 4) is 6.07 Å². The van der Waals surface area contributed by atoms with Gasteiger partial charge in [0, 0.05) is 51.3 Å². The number of likely N-dealkylation sites (tertiary alicyclic amines) is 1. The van der Waals surface area contributed by atoms with Crippen molar-refractivity contribution in [2.24, 2.45) is 17.8 Å². The lowest BCUT2D eigenvalue weighted by Gasteiger charge is -2.37. The quantitative estimate of drug-likeness (QED) is 0.713. The van der Waals surface area contributed by atoms with Gasteiger partial charge in [-0.15, -0.1) is 0 Å². The molecule has 1 N–H and O–H groups in total. The number of benzene rings is 1. The van der Waals surface area contributed by atoms with Gasteiger partial charge in [-0.1, -0.05) is 0 Å². The van der Waals surface area contributed by atoms with Crippen LogP contribution in [0, 0.1) is 29.1 Å². The number of rotatable bonds is 4. The van der Waals surface area contributed by atoms with Crippen molar-refractivity contribution < 1.29 is 22.8 Å². The van der Waals surface area contributed by atoms with E-state index in [0.29, 0.717) is 38.2 Å². The molecule has 0 radical (unpaired) electrons. The highest BCUT2D eigenvalue weighted by molar-refractivity contribution is 5.91. The molecule has 35 heavy (non-hydrogen) atoms. The van der Waals surface area contributed by atoms with Crippen molar-refractivity contribution in [2.75, 3.05) is 38.1 Å². The van der Waals surface area contributed by atoms with E-state index in [1.54, 1.807) is 24.1 Å². The number of nitriles is 1. The Morgan fingerprint density at radius 3 is 2.43 bits per heavy atom. The van der Waals surface area contributed by atoms with Crippen LogP contribution >= 0.6 is 0 Å². The van der Waals surface area contributed by atoms with Crippen LogP contribution in [0.4, 0.5) is 18.9 Å². The Hall–Kier alpha value is -3.68. The van der Waals surface area contributed by atoms with E-state index in [-0.39, 0.29) is 41.9 Å². The van der Waals surface area contributed by atoms with Gasteiger partial charge in [0.15, 0.2) is 0 Å². The molecule has 2 aliphatic heterocycles. The van der Waals surface area contributed by atoms with Crippen LogP contribution in [0.2, 0.25) is 0 Å². The summed E-state index contributed by atoms with van der Waals surface area (Å²) in [6, 6.07) is 7.00. The van der Waals surface area contributed by atoms with Gasteiger partial charge in [0.1, 0.15) is 0 Å². The Labute approximate surface area is 200 Å². The maximum absolute atomic E-state index is 13.4. The smallest absolute Gasteiger partial charge is 0.372 e. The average molecular weight is 486 g/mol. The molecule has 0 aliphatic carbocycles. The predicted octanol–water partition coefficient (Wildman–Crippen LogP) is 2.72. The number of halogens is 3. The number of piperidine rings is 1. The zero-order valence-electron chi connectivity index (χ0n) is 19.1. The van der Waals surface area contributed by atoms with Crippen LogP contribution in [0.5, 0.6) is 0 Å². The lowest BCUT2D eigenvalue weighted by Crippen LogP contribution is -2.41. The third-order valence-electron chi connectivity index (χ3n) is 6.93. The molecule has 11 heteroatoms. The highest BCUT2D eigenvalue weighted by atomic mass is 19.4. The molecule has 1 aromatic carbocycles. The molecule has 1 aromatic heterocycles. The maximum atomic E-state index is 13.4. The fourth-order valence-corrected chi connectivity index (χ4v) is 5.13. The number of hydrogen-bond donors (Lipinski definition) is 1. The summed E-state index contributed by atoms with van der Waals surface area (Å²) in [5, 5.41) is 11.7. The zero-order valence-corrected chi connectivity index (χ0v) is 19.1. The zero-order chi connectivity index (χ0) is 25.2. The van der Waals surface area contributed by atoms with Gasteiger partial charge in [-0.3, -0.25) is 9.59 Å². The number of amides is 2. The molecule has 0 saturated carbocycles. The van der Waals surface area contributed by atoms with Gasteiger partial charge in [0.2, 0.25) is 11.7 Å². The molecule has 2 saturated heterocycles. The Morgan fingerprint density at radius 1 is 1.14 bits per heavy atom. The van der Waals surface area contributed by atoms with E-state index in [1.165, 1.54) is 24.5 Å².